The first-order valence-corrected chi connectivity index (χ1v) is 10.5. The summed E-state index contributed by atoms with van der Waals surface area (Å²) >= 11 is 0. The summed E-state index contributed by atoms with van der Waals surface area (Å²) in [5, 5.41) is 4.95. The van der Waals surface area contributed by atoms with E-state index in [1.165, 1.54) is 16.7 Å². The van der Waals surface area contributed by atoms with Crippen LogP contribution in [0.5, 0.6) is 0 Å². The van der Waals surface area contributed by atoms with Crippen LogP contribution in [0, 0.1) is 13.8 Å². The average Bonchev–Trinajstić information content (AvgIpc) is 2.77. The Morgan fingerprint density at radius 1 is 1.06 bits per heavy atom. The van der Waals surface area contributed by atoms with Crippen molar-refractivity contribution < 1.29 is 4.79 Å². The molecule has 4 aromatic rings. The van der Waals surface area contributed by atoms with Gasteiger partial charge in [0.1, 0.15) is 5.52 Å². The van der Waals surface area contributed by atoms with Crippen molar-refractivity contribution in [2.75, 3.05) is 18.8 Å². The van der Waals surface area contributed by atoms with E-state index < -0.39 is 0 Å². The second-order valence-corrected chi connectivity index (χ2v) is 7.83. The highest BCUT2D eigenvalue weighted by Crippen LogP contribution is 2.31. The first-order valence-electron chi connectivity index (χ1n) is 10.5. The van der Waals surface area contributed by atoms with Crippen molar-refractivity contribution in [2.45, 2.75) is 26.7 Å². The van der Waals surface area contributed by atoms with Crippen LogP contribution < -0.4 is 16.8 Å². The Hall–Kier alpha value is -3.51. The van der Waals surface area contributed by atoms with Crippen molar-refractivity contribution in [3.8, 4) is 0 Å². The first-order chi connectivity index (χ1) is 15.0. The molecule has 6 heteroatoms. The average molecular weight is 414 g/mol. The standard InChI is InChI=1S/C25H27N5O/c1-15-13-18(25(31)28-12-11-26)9-7-17(15)8-10-19-14-29-23-22(16(19)2)20-5-3-4-6-21(20)30-24(23)27/h3-7,9,13-14H,8,10-12,26H2,1-2H3,(H2,27,30)(H,28,31). The number of nitrogens with one attached hydrogen (secondary N) is 1. The number of hydrogen-bond donors (Lipinski definition) is 3. The fourth-order valence-electron chi connectivity index (χ4n) is 4.06. The smallest absolute Gasteiger partial charge is 0.251 e. The molecule has 158 valence electrons. The molecular weight excluding hydrogens is 386 g/mol. The molecule has 0 aliphatic rings. The van der Waals surface area contributed by atoms with Crippen LogP contribution in [0.25, 0.3) is 21.8 Å². The highest BCUT2D eigenvalue weighted by molar-refractivity contribution is 6.09. The Bertz CT molecular complexity index is 1280. The van der Waals surface area contributed by atoms with E-state index in [9.17, 15) is 4.79 Å². The lowest BCUT2D eigenvalue weighted by Gasteiger charge is -2.13. The molecule has 5 N–H and O–H groups in total. The van der Waals surface area contributed by atoms with Crippen molar-refractivity contribution in [3.05, 3.63) is 76.5 Å². The fraction of sp³-hybridized carbons (Fsp3) is 0.240. The molecule has 6 nitrogen and oxygen atoms in total. The maximum Gasteiger partial charge on any atom is 0.251 e. The predicted molar refractivity (Wildman–Crippen MR) is 126 cm³/mol. The van der Waals surface area contributed by atoms with Gasteiger partial charge in [-0.3, -0.25) is 9.78 Å². The van der Waals surface area contributed by atoms with E-state index in [4.69, 9.17) is 11.5 Å². The van der Waals surface area contributed by atoms with Gasteiger partial charge in [0.2, 0.25) is 0 Å². The lowest BCUT2D eigenvalue weighted by atomic mass is 9.95. The van der Waals surface area contributed by atoms with Gasteiger partial charge < -0.3 is 16.8 Å². The summed E-state index contributed by atoms with van der Waals surface area (Å²) in [6.07, 6.45) is 3.63. The van der Waals surface area contributed by atoms with Crippen LogP contribution in [0.2, 0.25) is 0 Å². The van der Waals surface area contributed by atoms with Gasteiger partial charge in [0.05, 0.1) is 5.52 Å². The number of anilines is 1. The lowest BCUT2D eigenvalue weighted by molar-refractivity contribution is 0.0954. The van der Waals surface area contributed by atoms with E-state index in [0.29, 0.717) is 24.5 Å². The number of rotatable bonds is 6. The molecule has 2 heterocycles. The van der Waals surface area contributed by atoms with Gasteiger partial charge in [-0.1, -0.05) is 24.3 Å². The number of nitrogen functional groups attached to an aromatic ring is 1. The van der Waals surface area contributed by atoms with Crippen LogP contribution >= 0.6 is 0 Å². The number of carbonyl (C=O) groups is 1. The predicted octanol–water partition coefficient (Wildman–Crippen LogP) is 3.46. The van der Waals surface area contributed by atoms with E-state index >= 15 is 0 Å². The van der Waals surface area contributed by atoms with Crippen LogP contribution in [0.3, 0.4) is 0 Å². The Morgan fingerprint density at radius 2 is 1.84 bits per heavy atom. The van der Waals surface area contributed by atoms with Crippen molar-refractivity contribution in [2.24, 2.45) is 5.73 Å². The highest BCUT2D eigenvalue weighted by Gasteiger charge is 2.13. The summed E-state index contributed by atoms with van der Waals surface area (Å²) in [4.78, 5) is 21.3. The number of para-hydroxylation sites is 1. The molecule has 0 spiro atoms. The minimum absolute atomic E-state index is 0.0900. The molecule has 0 aliphatic heterocycles. The Kier molecular flexibility index (Phi) is 5.82. The number of carbonyl (C=O) groups excluding carboxylic acids is 1. The molecule has 1 amide bonds. The van der Waals surface area contributed by atoms with E-state index in [1.807, 2.05) is 49.5 Å². The summed E-state index contributed by atoms with van der Waals surface area (Å²) in [5.74, 6) is 0.371. The van der Waals surface area contributed by atoms with Crippen LogP contribution in [0.15, 0.2) is 48.7 Å². The third kappa shape index (κ3) is 4.07. The lowest BCUT2D eigenvalue weighted by Crippen LogP contribution is -2.29. The molecule has 2 aromatic carbocycles. The van der Waals surface area contributed by atoms with Gasteiger partial charge in [-0.2, -0.15) is 0 Å². The number of aromatic nitrogens is 2. The summed E-state index contributed by atoms with van der Waals surface area (Å²) in [6, 6.07) is 13.9. The van der Waals surface area contributed by atoms with Gasteiger partial charge in [0.25, 0.3) is 5.91 Å². The molecule has 0 aliphatic carbocycles. The number of benzene rings is 2. The van der Waals surface area contributed by atoms with E-state index in [1.54, 1.807) is 0 Å². The van der Waals surface area contributed by atoms with Gasteiger partial charge in [-0.25, -0.2) is 4.98 Å². The third-order valence-electron chi connectivity index (χ3n) is 5.80. The zero-order chi connectivity index (χ0) is 22.0. The third-order valence-corrected chi connectivity index (χ3v) is 5.80. The number of pyridine rings is 2. The number of nitrogens with two attached hydrogens (primary N) is 2. The van der Waals surface area contributed by atoms with Crippen molar-refractivity contribution in [3.63, 3.8) is 0 Å². The topological polar surface area (TPSA) is 107 Å². The van der Waals surface area contributed by atoms with E-state index in [-0.39, 0.29) is 5.91 Å². The molecule has 0 atom stereocenters. The van der Waals surface area contributed by atoms with Crippen molar-refractivity contribution in [1.29, 1.82) is 0 Å². The molecule has 4 rings (SSSR count). The van der Waals surface area contributed by atoms with E-state index in [0.717, 1.165) is 40.2 Å². The van der Waals surface area contributed by atoms with Crippen LogP contribution in [-0.2, 0) is 12.8 Å². The molecule has 31 heavy (non-hydrogen) atoms. The Morgan fingerprint density at radius 3 is 2.61 bits per heavy atom. The molecule has 0 saturated heterocycles. The number of amides is 1. The highest BCUT2D eigenvalue weighted by atomic mass is 16.1. The summed E-state index contributed by atoms with van der Waals surface area (Å²) in [7, 11) is 0. The second-order valence-electron chi connectivity index (χ2n) is 7.83. The molecule has 0 bridgehead atoms. The van der Waals surface area contributed by atoms with E-state index in [2.05, 4.69) is 28.3 Å². The van der Waals surface area contributed by atoms with Crippen LogP contribution in [0.1, 0.15) is 32.6 Å². The Balaban J connectivity index is 1.62. The fourth-order valence-corrected chi connectivity index (χ4v) is 4.06. The SMILES string of the molecule is Cc1cc(C(=O)NCCN)ccc1CCc1cnc2c(N)nc3ccccc3c2c1C. The summed E-state index contributed by atoms with van der Waals surface area (Å²) < 4.78 is 0. The zero-order valence-corrected chi connectivity index (χ0v) is 17.9. The normalized spacial score (nSPS) is 11.2. The molecular formula is C25H27N5O. The quantitative estimate of drug-likeness (QED) is 0.420. The number of nitrogens with zero attached hydrogens (tertiary/aromatic N) is 2. The van der Waals surface area contributed by atoms with Crippen molar-refractivity contribution >= 4 is 33.5 Å². The summed E-state index contributed by atoms with van der Waals surface area (Å²) in [5.41, 5.74) is 18.6. The van der Waals surface area contributed by atoms with Crippen LogP contribution in [0.4, 0.5) is 5.82 Å². The summed E-state index contributed by atoms with van der Waals surface area (Å²) in [6.45, 7) is 5.07. The monoisotopic (exact) mass is 413 g/mol. The van der Waals surface area contributed by atoms with Gasteiger partial charge in [-0.15, -0.1) is 0 Å². The number of aryl methyl sites for hydroxylation is 4. The molecule has 0 fully saturated rings. The first kappa shape index (κ1) is 20.8. The maximum absolute atomic E-state index is 12.2. The van der Waals surface area contributed by atoms with Crippen LogP contribution in [-0.4, -0.2) is 29.0 Å². The molecule has 0 radical (unpaired) electrons. The van der Waals surface area contributed by atoms with Gasteiger partial charge >= 0.3 is 0 Å². The number of fused-ring (bicyclic) bond motifs is 3. The van der Waals surface area contributed by atoms with Crippen molar-refractivity contribution in [1.82, 2.24) is 15.3 Å². The van der Waals surface area contributed by atoms with Gasteiger partial charge in [0.15, 0.2) is 5.82 Å². The van der Waals surface area contributed by atoms with Gasteiger partial charge in [-0.05, 0) is 67.1 Å². The molecule has 2 aromatic heterocycles. The minimum atomic E-state index is -0.0900. The number of hydrogen-bond acceptors (Lipinski definition) is 5. The van der Waals surface area contributed by atoms with Gasteiger partial charge in [0, 0.05) is 35.6 Å². The maximum atomic E-state index is 12.2. The minimum Gasteiger partial charge on any atom is -0.382 e. The second kappa shape index (κ2) is 8.70. The molecule has 0 unspecified atom stereocenters. The Labute approximate surface area is 181 Å². The largest absolute Gasteiger partial charge is 0.382 e. The molecule has 0 saturated carbocycles. The zero-order valence-electron chi connectivity index (χ0n) is 17.9.